The fourth-order valence-corrected chi connectivity index (χ4v) is 2.97. The minimum atomic E-state index is -0.385. The number of carbonyl (C=O) groups excluding carboxylic acids is 1. The van der Waals surface area contributed by atoms with Crippen molar-refractivity contribution < 1.29 is 14.3 Å². The van der Waals surface area contributed by atoms with Gasteiger partial charge >= 0.3 is 5.97 Å². The SMILES string of the molecule is COc1ccc(/C=C2/N=C(C3CCCC3)OC2=O)cc1Cl. The van der Waals surface area contributed by atoms with Gasteiger partial charge < -0.3 is 9.47 Å². The van der Waals surface area contributed by atoms with Gasteiger partial charge in [-0.05, 0) is 36.6 Å². The van der Waals surface area contributed by atoms with Crippen molar-refractivity contribution in [2.75, 3.05) is 7.11 Å². The molecule has 0 unspecified atom stereocenters. The van der Waals surface area contributed by atoms with E-state index in [1.165, 1.54) is 12.8 Å². The Kier molecular flexibility index (Phi) is 3.97. The maximum atomic E-state index is 11.9. The number of aliphatic imine (C=N–C) groups is 1. The largest absolute Gasteiger partial charge is 0.495 e. The number of benzene rings is 1. The molecule has 1 aliphatic heterocycles. The lowest BCUT2D eigenvalue weighted by molar-refractivity contribution is -0.130. The Balaban J connectivity index is 1.85. The average Bonchev–Trinajstić information content (AvgIpc) is 3.10. The first kappa shape index (κ1) is 14.1. The second-order valence-electron chi connectivity index (χ2n) is 5.24. The maximum Gasteiger partial charge on any atom is 0.363 e. The van der Waals surface area contributed by atoms with Crippen LogP contribution in [0.1, 0.15) is 31.2 Å². The monoisotopic (exact) mass is 305 g/mol. The summed E-state index contributed by atoms with van der Waals surface area (Å²) in [6, 6.07) is 5.33. The molecule has 1 fully saturated rings. The van der Waals surface area contributed by atoms with Crippen molar-refractivity contribution in [3.05, 3.63) is 34.5 Å². The quantitative estimate of drug-likeness (QED) is 0.630. The number of halogens is 1. The summed E-state index contributed by atoms with van der Waals surface area (Å²) in [6.45, 7) is 0. The number of esters is 1. The smallest absolute Gasteiger partial charge is 0.363 e. The van der Waals surface area contributed by atoms with E-state index in [1.54, 1.807) is 25.3 Å². The van der Waals surface area contributed by atoms with Gasteiger partial charge in [-0.15, -0.1) is 0 Å². The van der Waals surface area contributed by atoms with Crippen molar-refractivity contribution >= 4 is 29.5 Å². The minimum absolute atomic E-state index is 0.291. The molecule has 1 aromatic rings. The first-order valence-corrected chi connectivity index (χ1v) is 7.41. The Bertz CT molecular complexity index is 630. The molecule has 0 atom stereocenters. The highest BCUT2D eigenvalue weighted by molar-refractivity contribution is 6.32. The van der Waals surface area contributed by atoms with Crippen LogP contribution in [0.4, 0.5) is 0 Å². The first-order valence-electron chi connectivity index (χ1n) is 7.03. The van der Waals surface area contributed by atoms with Crippen molar-refractivity contribution in [3.63, 3.8) is 0 Å². The van der Waals surface area contributed by atoms with Crippen molar-refractivity contribution in [1.29, 1.82) is 0 Å². The normalized spacial score (nSPS) is 20.8. The Hall–Kier alpha value is -1.81. The molecule has 1 aliphatic carbocycles. The van der Waals surface area contributed by atoms with Gasteiger partial charge in [-0.2, -0.15) is 0 Å². The lowest BCUT2D eigenvalue weighted by Crippen LogP contribution is -2.12. The number of rotatable bonds is 3. The van der Waals surface area contributed by atoms with Gasteiger partial charge in [0.25, 0.3) is 0 Å². The molecular weight excluding hydrogens is 290 g/mol. The number of hydrogen-bond acceptors (Lipinski definition) is 4. The van der Waals surface area contributed by atoms with Crippen LogP contribution >= 0.6 is 11.6 Å². The zero-order chi connectivity index (χ0) is 14.8. The molecule has 1 aromatic carbocycles. The molecule has 3 rings (SSSR count). The fourth-order valence-electron chi connectivity index (χ4n) is 2.70. The highest BCUT2D eigenvalue weighted by Crippen LogP contribution is 2.31. The third-order valence-electron chi connectivity index (χ3n) is 3.82. The molecule has 5 heteroatoms. The molecule has 0 bridgehead atoms. The molecule has 21 heavy (non-hydrogen) atoms. The lowest BCUT2D eigenvalue weighted by atomic mass is 10.1. The fraction of sp³-hybridized carbons (Fsp3) is 0.375. The zero-order valence-corrected chi connectivity index (χ0v) is 12.5. The minimum Gasteiger partial charge on any atom is -0.495 e. The predicted molar refractivity (Wildman–Crippen MR) is 81.5 cm³/mol. The third-order valence-corrected chi connectivity index (χ3v) is 4.12. The van der Waals surface area contributed by atoms with E-state index in [9.17, 15) is 4.79 Å². The summed E-state index contributed by atoms with van der Waals surface area (Å²) < 4.78 is 10.4. The van der Waals surface area contributed by atoms with E-state index in [0.29, 0.717) is 28.3 Å². The van der Waals surface area contributed by atoms with Crippen LogP contribution in [-0.2, 0) is 9.53 Å². The van der Waals surface area contributed by atoms with Crippen LogP contribution in [0.15, 0.2) is 28.9 Å². The summed E-state index contributed by atoms with van der Waals surface area (Å²) in [4.78, 5) is 16.2. The third kappa shape index (κ3) is 2.95. The van der Waals surface area contributed by atoms with E-state index < -0.39 is 0 Å². The molecule has 0 spiro atoms. The summed E-state index contributed by atoms with van der Waals surface area (Å²) in [5, 5.41) is 0.498. The molecule has 110 valence electrons. The number of nitrogens with zero attached hydrogens (tertiary/aromatic N) is 1. The molecular formula is C16H16ClNO3. The molecule has 1 saturated carbocycles. The van der Waals surface area contributed by atoms with E-state index in [4.69, 9.17) is 21.1 Å². The van der Waals surface area contributed by atoms with Gasteiger partial charge in [0.15, 0.2) is 5.70 Å². The summed E-state index contributed by atoms with van der Waals surface area (Å²) in [5.74, 6) is 1.08. The van der Waals surface area contributed by atoms with Crippen LogP contribution < -0.4 is 4.74 Å². The standard InChI is InChI=1S/C16H16ClNO3/c1-20-14-7-6-10(8-12(14)17)9-13-16(19)21-15(18-13)11-4-2-3-5-11/h6-9,11H,2-5H2,1H3/b13-9+. The van der Waals surface area contributed by atoms with Crippen LogP contribution in [0.5, 0.6) is 5.75 Å². The second kappa shape index (κ2) is 5.90. The van der Waals surface area contributed by atoms with Gasteiger partial charge in [0.2, 0.25) is 5.90 Å². The summed E-state index contributed by atoms with van der Waals surface area (Å²) in [5.41, 5.74) is 1.13. The maximum absolute atomic E-state index is 11.9. The Labute approximate surface area is 128 Å². The molecule has 0 saturated heterocycles. The van der Waals surface area contributed by atoms with Gasteiger partial charge in [0.1, 0.15) is 5.75 Å². The van der Waals surface area contributed by atoms with E-state index in [1.807, 2.05) is 6.07 Å². The van der Waals surface area contributed by atoms with Crippen molar-refractivity contribution in [2.24, 2.45) is 10.9 Å². The zero-order valence-electron chi connectivity index (χ0n) is 11.8. The second-order valence-corrected chi connectivity index (χ2v) is 5.65. The van der Waals surface area contributed by atoms with Crippen molar-refractivity contribution in [3.8, 4) is 5.75 Å². The summed E-state index contributed by atoms with van der Waals surface area (Å²) in [6.07, 6.45) is 6.14. The van der Waals surface area contributed by atoms with E-state index in [0.717, 1.165) is 18.4 Å². The highest BCUT2D eigenvalue weighted by atomic mass is 35.5. The van der Waals surface area contributed by atoms with Crippen molar-refractivity contribution in [1.82, 2.24) is 0 Å². The van der Waals surface area contributed by atoms with Crippen LogP contribution in [-0.4, -0.2) is 19.0 Å². The molecule has 1 heterocycles. The van der Waals surface area contributed by atoms with Gasteiger partial charge in [-0.3, -0.25) is 0 Å². The molecule has 0 radical (unpaired) electrons. The van der Waals surface area contributed by atoms with E-state index in [2.05, 4.69) is 4.99 Å². The number of methoxy groups -OCH3 is 1. The molecule has 4 nitrogen and oxygen atoms in total. The Morgan fingerprint density at radius 1 is 1.38 bits per heavy atom. The molecule has 2 aliphatic rings. The summed E-state index contributed by atoms with van der Waals surface area (Å²) in [7, 11) is 1.56. The average molecular weight is 306 g/mol. The first-order chi connectivity index (χ1) is 10.2. The van der Waals surface area contributed by atoms with E-state index in [-0.39, 0.29) is 5.97 Å². The summed E-state index contributed by atoms with van der Waals surface area (Å²) >= 11 is 6.08. The molecule has 0 aromatic heterocycles. The van der Waals surface area contributed by atoms with Gasteiger partial charge in [-0.25, -0.2) is 9.79 Å². The van der Waals surface area contributed by atoms with Crippen LogP contribution in [0, 0.1) is 5.92 Å². The number of ether oxygens (including phenoxy) is 2. The van der Waals surface area contributed by atoms with E-state index >= 15 is 0 Å². The van der Waals surface area contributed by atoms with Crippen LogP contribution in [0.25, 0.3) is 6.08 Å². The van der Waals surface area contributed by atoms with Crippen molar-refractivity contribution in [2.45, 2.75) is 25.7 Å². The van der Waals surface area contributed by atoms with Crippen LogP contribution in [0.2, 0.25) is 5.02 Å². The van der Waals surface area contributed by atoms with Gasteiger partial charge in [0, 0.05) is 5.92 Å². The predicted octanol–water partition coefficient (Wildman–Crippen LogP) is 3.84. The van der Waals surface area contributed by atoms with Crippen LogP contribution in [0.3, 0.4) is 0 Å². The number of hydrogen-bond donors (Lipinski definition) is 0. The lowest BCUT2D eigenvalue weighted by Gasteiger charge is -2.05. The Morgan fingerprint density at radius 2 is 2.14 bits per heavy atom. The molecule has 0 N–H and O–H groups in total. The number of carbonyl (C=O) groups is 1. The topological polar surface area (TPSA) is 47.9 Å². The molecule has 0 amide bonds. The Morgan fingerprint density at radius 3 is 2.81 bits per heavy atom. The van der Waals surface area contributed by atoms with Gasteiger partial charge in [0.05, 0.1) is 12.1 Å². The van der Waals surface area contributed by atoms with Gasteiger partial charge in [-0.1, -0.05) is 30.5 Å². The highest BCUT2D eigenvalue weighted by Gasteiger charge is 2.30. The number of cyclic esters (lactones) is 1.